The van der Waals surface area contributed by atoms with E-state index in [1.165, 1.54) is 0 Å². The fourth-order valence-corrected chi connectivity index (χ4v) is 1.93. The maximum absolute atomic E-state index is 11.8. The number of nitrogens with one attached hydrogen (secondary N) is 1. The van der Waals surface area contributed by atoms with Crippen LogP contribution in [0.1, 0.15) is 11.1 Å². The summed E-state index contributed by atoms with van der Waals surface area (Å²) in [5.41, 5.74) is 1.75. The summed E-state index contributed by atoms with van der Waals surface area (Å²) in [5.74, 6) is -1.96. The third kappa shape index (κ3) is 3.96. The zero-order chi connectivity index (χ0) is 16.1. The molecular formula is C17H14ClNO3. The Bertz CT molecular complexity index is 739. The van der Waals surface area contributed by atoms with Gasteiger partial charge in [0.15, 0.2) is 0 Å². The molecule has 2 aromatic carbocycles. The number of carbonyl (C=O) groups excluding carboxylic acids is 2. The summed E-state index contributed by atoms with van der Waals surface area (Å²) in [6, 6.07) is 13.4. The van der Waals surface area contributed by atoms with Crippen LogP contribution < -0.4 is 5.32 Å². The number of benzene rings is 2. The second kappa shape index (κ2) is 6.91. The second-order valence-electron chi connectivity index (χ2n) is 4.68. The molecule has 1 amide bonds. The van der Waals surface area contributed by atoms with Crippen LogP contribution in [-0.2, 0) is 9.59 Å². The lowest BCUT2D eigenvalue weighted by Crippen LogP contribution is -2.21. The zero-order valence-corrected chi connectivity index (χ0v) is 12.6. The highest BCUT2D eigenvalue weighted by atomic mass is 35.5. The third-order valence-electron chi connectivity index (χ3n) is 2.99. The van der Waals surface area contributed by atoms with E-state index in [0.717, 1.165) is 11.6 Å². The molecule has 0 atom stereocenters. The number of rotatable bonds is 4. The van der Waals surface area contributed by atoms with E-state index in [4.69, 9.17) is 11.6 Å². The molecule has 0 bridgehead atoms. The summed E-state index contributed by atoms with van der Waals surface area (Å²) < 4.78 is 0. The van der Waals surface area contributed by atoms with Gasteiger partial charge in [0.05, 0.1) is 0 Å². The summed E-state index contributed by atoms with van der Waals surface area (Å²) in [5, 5.41) is 12.8. The summed E-state index contributed by atoms with van der Waals surface area (Å²) >= 11 is 5.95. The van der Waals surface area contributed by atoms with E-state index in [-0.39, 0.29) is 5.76 Å². The van der Waals surface area contributed by atoms with Crippen LogP contribution >= 0.6 is 11.6 Å². The van der Waals surface area contributed by atoms with E-state index in [9.17, 15) is 14.7 Å². The standard InChI is InChI=1S/C17H14ClNO3/c1-11-7-8-13(9-14(11)18)19-17(22)16(21)10-15(20)12-5-3-2-4-6-12/h2-10,20H,1H3,(H,19,22). The van der Waals surface area contributed by atoms with Crippen LogP contribution in [0.5, 0.6) is 0 Å². The van der Waals surface area contributed by atoms with E-state index >= 15 is 0 Å². The van der Waals surface area contributed by atoms with Crippen LogP contribution in [0.25, 0.3) is 5.76 Å². The molecule has 0 spiro atoms. The fourth-order valence-electron chi connectivity index (χ4n) is 1.75. The van der Waals surface area contributed by atoms with Crippen molar-refractivity contribution in [3.8, 4) is 0 Å². The van der Waals surface area contributed by atoms with Crippen molar-refractivity contribution in [1.29, 1.82) is 0 Å². The molecule has 0 saturated carbocycles. The summed E-state index contributed by atoms with van der Waals surface area (Å²) in [6.07, 6.45) is 0.889. The molecule has 0 heterocycles. The first-order valence-electron chi connectivity index (χ1n) is 6.55. The molecule has 22 heavy (non-hydrogen) atoms. The highest BCUT2D eigenvalue weighted by Crippen LogP contribution is 2.20. The molecule has 0 radical (unpaired) electrons. The summed E-state index contributed by atoms with van der Waals surface area (Å²) in [6.45, 7) is 1.83. The van der Waals surface area contributed by atoms with Crippen LogP contribution in [0, 0.1) is 6.92 Å². The minimum Gasteiger partial charge on any atom is -0.507 e. The maximum atomic E-state index is 11.8. The average molecular weight is 316 g/mol. The van der Waals surface area contributed by atoms with Crippen LogP contribution in [-0.4, -0.2) is 16.8 Å². The molecule has 2 aromatic rings. The minimum absolute atomic E-state index is 0.261. The summed E-state index contributed by atoms with van der Waals surface area (Å²) in [7, 11) is 0. The Balaban J connectivity index is 2.09. The predicted octanol–water partition coefficient (Wildman–Crippen LogP) is 3.76. The molecule has 5 heteroatoms. The van der Waals surface area contributed by atoms with E-state index < -0.39 is 11.7 Å². The fraction of sp³-hybridized carbons (Fsp3) is 0.0588. The lowest BCUT2D eigenvalue weighted by atomic mass is 10.1. The van der Waals surface area contributed by atoms with Gasteiger partial charge in [-0.3, -0.25) is 9.59 Å². The van der Waals surface area contributed by atoms with Gasteiger partial charge >= 0.3 is 0 Å². The number of ketones is 1. The first kappa shape index (κ1) is 15.8. The molecule has 0 aliphatic rings. The minimum atomic E-state index is -0.849. The van der Waals surface area contributed by atoms with Crippen LogP contribution in [0.15, 0.2) is 54.6 Å². The van der Waals surface area contributed by atoms with Gasteiger partial charge in [0, 0.05) is 22.3 Å². The number of halogens is 1. The third-order valence-corrected chi connectivity index (χ3v) is 3.40. The van der Waals surface area contributed by atoms with Gasteiger partial charge in [0.2, 0.25) is 5.78 Å². The van der Waals surface area contributed by atoms with Gasteiger partial charge in [-0.2, -0.15) is 0 Å². The van der Waals surface area contributed by atoms with Crippen molar-refractivity contribution >= 4 is 34.7 Å². The molecular weight excluding hydrogens is 302 g/mol. The molecule has 112 valence electrons. The molecule has 0 aromatic heterocycles. The Labute approximate surface area is 133 Å². The smallest absolute Gasteiger partial charge is 0.296 e. The van der Waals surface area contributed by atoms with E-state index in [0.29, 0.717) is 16.3 Å². The average Bonchev–Trinajstić information content (AvgIpc) is 2.51. The second-order valence-corrected chi connectivity index (χ2v) is 5.09. The van der Waals surface area contributed by atoms with Gasteiger partial charge in [-0.1, -0.05) is 48.0 Å². The van der Waals surface area contributed by atoms with Gasteiger partial charge in [0.1, 0.15) is 5.76 Å². The maximum Gasteiger partial charge on any atom is 0.296 e. The first-order chi connectivity index (χ1) is 10.5. The quantitative estimate of drug-likeness (QED) is 0.513. The zero-order valence-electron chi connectivity index (χ0n) is 11.8. The largest absolute Gasteiger partial charge is 0.507 e. The van der Waals surface area contributed by atoms with Crippen molar-refractivity contribution in [2.75, 3.05) is 5.32 Å². The first-order valence-corrected chi connectivity index (χ1v) is 6.92. The number of aliphatic hydroxyl groups excluding tert-OH is 1. The number of hydrogen-bond donors (Lipinski definition) is 2. The molecule has 2 N–H and O–H groups in total. The Morgan fingerprint density at radius 1 is 1.14 bits per heavy atom. The van der Waals surface area contributed by atoms with Crippen molar-refractivity contribution in [1.82, 2.24) is 0 Å². The molecule has 0 fully saturated rings. The highest BCUT2D eigenvalue weighted by molar-refractivity contribution is 6.45. The van der Waals surface area contributed by atoms with Gasteiger partial charge in [0.25, 0.3) is 5.91 Å². The Hall–Kier alpha value is -2.59. The van der Waals surface area contributed by atoms with Crippen molar-refractivity contribution in [2.24, 2.45) is 0 Å². The molecule has 0 aliphatic carbocycles. The Morgan fingerprint density at radius 3 is 2.45 bits per heavy atom. The van der Waals surface area contributed by atoms with E-state index in [2.05, 4.69) is 5.32 Å². The highest BCUT2D eigenvalue weighted by Gasteiger charge is 2.13. The lowest BCUT2D eigenvalue weighted by molar-refractivity contribution is -0.131. The number of carbonyl (C=O) groups is 2. The molecule has 0 saturated heterocycles. The molecule has 0 aliphatic heterocycles. The monoisotopic (exact) mass is 315 g/mol. The summed E-state index contributed by atoms with van der Waals surface area (Å²) in [4.78, 5) is 23.6. The molecule has 0 unspecified atom stereocenters. The van der Waals surface area contributed by atoms with Gasteiger partial charge in [-0.15, -0.1) is 0 Å². The van der Waals surface area contributed by atoms with Gasteiger partial charge < -0.3 is 10.4 Å². The topological polar surface area (TPSA) is 66.4 Å². The van der Waals surface area contributed by atoms with Crippen LogP contribution in [0.2, 0.25) is 5.02 Å². The van der Waals surface area contributed by atoms with Crippen molar-refractivity contribution < 1.29 is 14.7 Å². The SMILES string of the molecule is Cc1ccc(NC(=O)C(=O)C=C(O)c2ccccc2)cc1Cl. The number of amides is 1. The Kier molecular flexibility index (Phi) is 4.96. The number of aryl methyl sites for hydroxylation is 1. The number of aliphatic hydroxyl groups is 1. The normalized spacial score (nSPS) is 11.1. The van der Waals surface area contributed by atoms with Crippen LogP contribution in [0.3, 0.4) is 0 Å². The Morgan fingerprint density at radius 2 is 1.82 bits per heavy atom. The number of hydrogen-bond acceptors (Lipinski definition) is 3. The van der Waals surface area contributed by atoms with E-state index in [1.807, 2.05) is 6.92 Å². The molecule has 2 rings (SSSR count). The van der Waals surface area contributed by atoms with Crippen molar-refractivity contribution in [3.05, 3.63) is 70.8 Å². The number of anilines is 1. The molecule has 4 nitrogen and oxygen atoms in total. The van der Waals surface area contributed by atoms with Gasteiger partial charge in [-0.05, 0) is 24.6 Å². The predicted molar refractivity (Wildman–Crippen MR) is 86.9 cm³/mol. The van der Waals surface area contributed by atoms with E-state index in [1.54, 1.807) is 48.5 Å². The lowest BCUT2D eigenvalue weighted by Gasteiger charge is -2.05. The van der Waals surface area contributed by atoms with Crippen molar-refractivity contribution in [3.63, 3.8) is 0 Å². The van der Waals surface area contributed by atoms with Crippen molar-refractivity contribution in [2.45, 2.75) is 6.92 Å². The van der Waals surface area contributed by atoms with Gasteiger partial charge in [-0.25, -0.2) is 0 Å². The van der Waals surface area contributed by atoms with Crippen LogP contribution in [0.4, 0.5) is 5.69 Å².